The van der Waals surface area contributed by atoms with Crippen LogP contribution in [0, 0.1) is 56.2 Å². The normalized spacial score (nSPS) is 35.3. The first-order valence-corrected chi connectivity index (χ1v) is 22.1. The average Bonchev–Trinajstić information content (AvgIpc) is 3.38. The Hall–Kier alpha value is -2.22. The number of hydrogen-bond acceptors (Lipinski definition) is 6. The second-order valence-corrected chi connectivity index (χ2v) is 22.3. The van der Waals surface area contributed by atoms with Crippen LogP contribution in [0.3, 0.4) is 0 Å². The Balaban J connectivity index is 1.24. The summed E-state index contributed by atoms with van der Waals surface area (Å²) in [5.41, 5.74) is 4.20. The summed E-state index contributed by atoms with van der Waals surface area (Å²) in [6.07, 6.45) is 9.95. The van der Waals surface area contributed by atoms with E-state index in [1.807, 2.05) is 6.07 Å². The fraction of sp³-hybridized carbons (Fsp3) is 0.771. The molecular formula is C48H73ClN2O5. The number of allylic oxidation sites excluding steroid dienone is 2. The predicted octanol–water partition coefficient (Wildman–Crippen LogP) is 10.6. The van der Waals surface area contributed by atoms with E-state index in [9.17, 15) is 19.5 Å². The number of ketones is 1. The Kier molecular flexibility index (Phi) is 11.7. The van der Waals surface area contributed by atoms with E-state index < -0.39 is 17.4 Å². The van der Waals surface area contributed by atoms with Gasteiger partial charge in [-0.05, 0) is 168 Å². The molecule has 5 aliphatic carbocycles. The minimum absolute atomic E-state index is 0.0645. The third kappa shape index (κ3) is 7.24. The highest BCUT2D eigenvalue weighted by Gasteiger charge is 2.70. The molecule has 312 valence electrons. The number of hydrogen-bond donors (Lipinski definition) is 1. The van der Waals surface area contributed by atoms with Gasteiger partial charge in [-0.15, -0.1) is 0 Å². The lowest BCUT2D eigenvalue weighted by atomic mass is 9.33. The fourth-order valence-electron chi connectivity index (χ4n) is 13.9. The van der Waals surface area contributed by atoms with Crippen LogP contribution >= 0.6 is 11.6 Å². The zero-order valence-corrected chi connectivity index (χ0v) is 37.6. The van der Waals surface area contributed by atoms with Crippen LogP contribution in [0.1, 0.15) is 144 Å². The molecule has 0 amide bonds. The smallest absolute Gasteiger partial charge is 0.309 e. The summed E-state index contributed by atoms with van der Waals surface area (Å²) in [5, 5.41) is 10.4. The number of ether oxygens (including phenoxy) is 1. The van der Waals surface area contributed by atoms with Crippen LogP contribution in [-0.2, 0) is 32.2 Å². The van der Waals surface area contributed by atoms with E-state index in [1.165, 1.54) is 17.5 Å². The van der Waals surface area contributed by atoms with Gasteiger partial charge >= 0.3 is 11.9 Å². The first-order valence-electron chi connectivity index (χ1n) is 21.7. The van der Waals surface area contributed by atoms with Gasteiger partial charge in [0.15, 0.2) is 5.78 Å². The van der Waals surface area contributed by atoms with Crippen molar-refractivity contribution in [3.8, 4) is 0 Å². The molecule has 6 rings (SSSR count). The number of carbonyl (C=O) groups is 3. The number of halogens is 1. The average molecular weight is 794 g/mol. The highest BCUT2D eigenvalue weighted by Crippen LogP contribution is 2.77. The molecule has 8 heteroatoms. The summed E-state index contributed by atoms with van der Waals surface area (Å²) in [4.78, 5) is 43.8. The van der Waals surface area contributed by atoms with Gasteiger partial charge in [-0.25, -0.2) is 0 Å². The number of Topliss-reactive ketones (excluding diaryl/α,β-unsaturated/α-hetero) is 1. The first-order chi connectivity index (χ1) is 25.9. The first kappa shape index (κ1) is 43.4. The summed E-state index contributed by atoms with van der Waals surface area (Å²) in [6.45, 7) is 22.8. The molecule has 56 heavy (non-hydrogen) atoms. The van der Waals surface area contributed by atoms with Gasteiger partial charge in [0.1, 0.15) is 6.10 Å². The van der Waals surface area contributed by atoms with Crippen molar-refractivity contribution < 1.29 is 24.2 Å². The molecule has 5 aliphatic rings. The topological polar surface area (TPSA) is 87.2 Å². The van der Waals surface area contributed by atoms with E-state index in [4.69, 9.17) is 16.3 Å². The van der Waals surface area contributed by atoms with Crippen molar-refractivity contribution in [3.63, 3.8) is 0 Å². The largest absolute Gasteiger partial charge is 0.481 e. The maximum absolute atomic E-state index is 14.2. The minimum Gasteiger partial charge on any atom is -0.481 e. The number of carboxylic acid groups (broad SMARTS) is 1. The van der Waals surface area contributed by atoms with E-state index in [-0.39, 0.29) is 45.5 Å². The van der Waals surface area contributed by atoms with Crippen molar-refractivity contribution >= 4 is 29.3 Å². The molecule has 0 saturated heterocycles. The summed E-state index contributed by atoms with van der Waals surface area (Å²) in [6, 6.07) is 6.30. The Morgan fingerprint density at radius 2 is 1.61 bits per heavy atom. The SMILES string of the molecule is CC(C)C1=C2[C@H]3CCC4[C@@]5(C)CC[C@H](OC(=O)CC(C)(C)C(=O)O)C(C)(C)[C@@H]5CC[C@@]4(C)[C@]3(C)CC[C@@]2(CCN(C)Cc2ccc(Cl)cc2CN(C)C)CC1=O. The van der Waals surface area contributed by atoms with Crippen molar-refractivity contribution in [2.75, 3.05) is 27.7 Å². The number of carboxylic acids is 1. The van der Waals surface area contributed by atoms with Gasteiger partial charge < -0.3 is 19.6 Å². The van der Waals surface area contributed by atoms with Crippen LogP contribution < -0.4 is 0 Å². The van der Waals surface area contributed by atoms with Crippen LogP contribution in [0.5, 0.6) is 0 Å². The monoisotopic (exact) mass is 793 g/mol. The number of fused-ring (bicyclic) bond motifs is 7. The maximum atomic E-state index is 14.2. The summed E-state index contributed by atoms with van der Waals surface area (Å²) < 4.78 is 6.20. The highest BCUT2D eigenvalue weighted by atomic mass is 35.5. The van der Waals surface area contributed by atoms with Crippen LogP contribution in [0.2, 0.25) is 5.02 Å². The molecule has 0 aromatic heterocycles. The van der Waals surface area contributed by atoms with Gasteiger partial charge in [-0.1, -0.05) is 71.7 Å². The lowest BCUT2D eigenvalue weighted by Gasteiger charge is -2.72. The number of esters is 1. The molecular weight excluding hydrogens is 720 g/mol. The van der Waals surface area contributed by atoms with E-state index in [0.717, 1.165) is 81.6 Å². The minimum atomic E-state index is -1.15. The van der Waals surface area contributed by atoms with E-state index in [0.29, 0.717) is 30.0 Å². The zero-order valence-electron chi connectivity index (χ0n) is 36.9. The molecule has 1 aromatic rings. The lowest BCUT2D eigenvalue weighted by Crippen LogP contribution is -2.65. The van der Waals surface area contributed by atoms with Crippen LogP contribution in [0.4, 0.5) is 0 Å². The Bertz CT molecular complexity index is 1750. The molecule has 4 saturated carbocycles. The van der Waals surface area contributed by atoms with Crippen LogP contribution in [0.15, 0.2) is 29.3 Å². The van der Waals surface area contributed by atoms with Crippen LogP contribution in [-0.4, -0.2) is 66.4 Å². The lowest BCUT2D eigenvalue weighted by molar-refractivity contribution is -0.233. The number of benzene rings is 1. The Morgan fingerprint density at radius 1 is 0.911 bits per heavy atom. The number of carbonyl (C=O) groups excluding carboxylic acids is 2. The summed E-state index contributed by atoms with van der Waals surface area (Å²) in [5.74, 6) is 0.614. The van der Waals surface area contributed by atoms with Gasteiger partial charge in [-0.2, -0.15) is 0 Å². The number of aliphatic carboxylic acids is 1. The van der Waals surface area contributed by atoms with Crippen molar-refractivity contribution in [2.24, 2.45) is 56.2 Å². The van der Waals surface area contributed by atoms with Crippen LogP contribution in [0.25, 0.3) is 0 Å². The van der Waals surface area contributed by atoms with Crippen molar-refractivity contribution in [1.29, 1.82) is 0 Å². The number of nitrogens with zero attached hydrogens (tertiary/aromatic N) is 2. The van der Waals surface area contributed by atoms with Gasteiger partial charge in [-0.3, -0.25) is 14.4 Å². The van der Waals surface area contributed by atoms with E-state index in [2.05, 4.69) is 91.5 Å². The van der Waals surface area contributed by atoms with Crippen molar-refractivity contribution in [2.45, 2.75) is 152 Å². The standard InChI is InChI=1S/C48H73ClN2O5/c1-30(2)40-35(52)26-48(23-24-51(12)29-31-13-14-33(49)25-32(31)28-50(10)11)22-21-46(8)34(41(40)48)15-16-37-45(7)19-18-38(56-39(53)27-43(3,4)42(54)55)44(5,6)36(45)17-20-47(37,46)9/h13-14,25,30,34,36-38H,15-24,26-29H2,1-12H3,(H,54,55)/t34-,36+,37?,38+,45+,46-,47-,48-/m1/s1. The quantitative estimate of drug-likeness (QED) is 0.211. The molecule has 1 N–H and O–H groups in total. The summed E-state index contributed by atoms with van der Waals surface area (Å²) >= 11 is 6.43. The summed E-state index contributed by atoms with van der Waals surface area (Å²) in [7, 11) is 6.43. The second kappa shape index (κ2) is 15.1. The Labute approximate surface area is 343 Å². The second-order valence-electron chi connectivity index (χ2n) is 21.8. The highest BCUT2D eigenvalue weighted by molar-refractivity contribution is 6.30. The zero-order chi connectivity index (χ0) is 41.4. The Morgan fingerprint density at radius 3 is 2.25 bits per heavy atom. The van der Waals surface area contributed by atoms with Gasteiger partial charge in [0.2, 0.25) is 0 Å². The third-order valence-electron chi connectivity index (χ3n) is 17.0. The molecule has 1 unspecified atom stereocenters. The molecule has 0 bridgehead atoms. The van der Waals surface area contributed by atoms with E-state index in [1.54, 1.807) is 19.4 Å². The predicted molar refractivity (Wildman–Crippen MR) is 225 cm³/mol. The molecule has 0 heterocycles. The third-order valence-corrected chi connectivity index (χ3v) is 17.3. The molecule has 8 atom stereocenters. The van der Waals surface area contributed by atoms with Crippen molar-refractivity contribution in [3.05, 3.63) is 45.5 Å². The molecule has 1 aromatic carbocycles. The van der Waals surface area contributed by atoms with Gasteiger partial charge in [0.05, 0.1) is 11.8 Å². The molecule has 0 spiro atoms. The van der Waals surface area contributed by atoms with E-state index >= 15 is 0 Å². The number of rotatable bonds is 12. The fourth-order valence-corrected chi connectivity index (χ4v) is 14.1. The molecule has 0 radical (unpaired) electrons. The maximum Gasteiger partial charge on any atom is 0.309 e. The molecule has 7 nitrogen and oxygen atoms in total. The van der Waals surface area contributed by atoms with Gasteiger partial charge in [0, 0.05) is 35.4 Å². The van der Waals surface area contributed by atoms with Gasteiger partial charge in [0.25, 0.3) is 0 Å². The van der Waals surface area contributed by atoms with Crippen molar-refractivity contribution in [1.82, 2.24) is 9.80 Å². The molecule has 0 aliphatic heterocycles. The molecule has 4 fully saturated rings.